The largest absolute Gasteiger partial charge is 0.444 e. The quantitative estimate of drug-likeness (QED) is 0.657. The molecule has 0 saturated heterocycles. The van der Waals surface area contributed by atoms with Gasteiger partial charge in [0.25, 0.3) is 0 Å². The minimum Gasteiger partial charge on any atom is -0.444 e. The molecule has 1 aromatic carbocycles. The van der Waals surface area contributed by atoms with E-state index < -0.39 is 18.2 Å². The zero-order valence-electron chi connectivity index (χ0n) is 10.9. The third-order valence-electron chi connectivity index (χ3n) is 2.38. The molecule has 2 atom stereocenters. The van der Waals surface area contributed by atoms with Crippen molar-refractivity contribution in [3.63, 3.8) is 0 Å². The number of aliphatic hydroxyl groups is 1. The molecule has 1 N–H and O–H groups in total. The van der Waals surface area contributed by atoms with Crippen molar-refractivity contribution in [2.45, 2.75) is 33.0 Å². The van der Waals surface area contributed by atoms with E-state index in [9.17, 15) is 9.90 Å². The van der Waals surface area contributed by atoms with Crippen LogP contribution < -0.4 is 0 Å². The second-order valence-corrected chi connectivity index (χ2v) is 4.38. The second-order valence-electron chi connectivity index (χ2n) is 4.38. The first kappa shape index (κ1) is 14.3. The van der Waals surface area contributed by atoms with Crippen LogP contribution in [-0.2, 0) is 9.53 Å². The Bertz CT molecular complexity index is 440. The van der Waals surface area contributed by atoms with Gasteiger partial charge in [-0.2, -0.15) is 0 Å². The number of aliphatic hydroxyl groups excluding tert-OH is 1. The number of carbonyl (C=O) groups is 1. The summed E-state index contributed by atoms with van der Waals surface area (Å²) in [4.78, 5) is 11.1. The van der Waals surface area contributed by atoms with Crippen molar-refractivity contribution in [1.82, 2.24) is 0 Å². The molecular weight excluding hydrogens is 228 g/mol. The zero-order chi connectivity index (χ0) is 13.5. The number of carbonyl (C=O) groups excluding carboxylic acids is 1. The first-order valence-electron chi connectivity index (χ1n) is 5.92. The van der Waals surface area contributed by atoms with E-state index >= 15 is 0 Å². The number of benzene rings is 1. The van der Waals surface area contributed by atoms with E-state index in [1.807, 2.05) is 44.2 Å². The summed E-state index contributed by atoms with van der Waals surface area (Å²) < 4.78 is 5.14. The van der Waals surface area contributed by atoms with Crippen molar-refractivity contribution in [2.24, 2.45) is 5.92 Å². The number of hydrogen-bond donors (Lipinski definition) is 1. The van der Waals surface area contributed by atoms with Crippen LogP contribution in [0, 0.1) is 17.8 Å². The molecule has 0 aromatic heterocycles. The molecule has 0 unspecified atom stereocenters. The third-order valence-corrected chi connectivity index (χ3v) is 2.38. The van der Waals surface area contributed by atoms with Crippen molar-refractivity contribution in [3.05, 3.63) is 35.9 Å². The SMILES string of the molecule is CC(=O)O[C@H](C#C[C@@H](O)C(C)C)c1ccccc1. The lowest BCUT2D eigenvalue weighted by Crippen LogP contribution is -2.13. The maximum absolute atomic E-state index is 11.1. The minimum absolute atomic E-state index is 0.0475. The van der Waals surface area contributed by atoms with Crippen LogP contribution in [0.4, 0.5) is 0 Å². The molecule has 0 fully saturated rings. The van der Waals surface area contributed by atoms with Gasteiger partial charge in [0.15, 0.2) is 6.10 Å². The van der Waals surface area contributed by atoms with Gasteiger partial charge in [-0.3, -0.25) is 4.79 Å². The Morgan fingerprint density at radius 1 is 1.22 bits per heavy atom. The Morgan fingerprint density at radius 3 is 2.33 bits per heavy atom. The summed E-state index contributed by atoms with van der Waals surface area (Å²) in [6.07, 6.45) is -1.34. The number of esters is 1. The first-order valence-corrected chi connectivity index (χ1v) is 5.92. The van der Waals surface area contributed by atoms with E-state index in [-0.39, 0.29) is 5.92 Å². The molecule has 96 valence electrons. The standard InChI is InChI=1S/C15H18O3/c1-11(2)14(17)9-10-15(18-12(3)16)13-7-5-4-6-8-13/h4-8,11,14-15,17H,1-3H3/t14-,15-/m1/s1. The molecule has 0 aliphatic heterocycles. The highest BCUT2D eigenvalue weighted by molar-refractivity contribution is 5.66. The third kappa shape index (κ3) is 4.60. The summed E-state index contributed by atoms with van der Waals surface area (Å²) in [6, 6.07) is 9.26. The highest BCUT2D eigenvalue weighted by Gasteiger charge is 2.12. The molecule has 18 heavy (non-hydrogen) atoms. The molecule has 0 heterocycles. The lowest BCUT2D eigenvalue weighted by atomic mass is 10.1. The van der Waals surface area contributed by atoms with E-state index in [4.69, 9.17) is 4.74 Å². The van der Waals surface area contributed by atoms with Crippen molar-refractivity contribution >= 4 is 5.97 Å². The molecule has 0 amide bonds. The lowest BCUT2D eigenvalue weighted by molar-refractivity contribution is -0.144. The van der Waals surface area contributed by atoms with Crippen molar-refractivity contribution < 1.29 is 14.6 Å². The van der Waals surface area contributed by atoms with Crippen LogP contribution in [0.25, 0.3) is 0 Å². The molecule has 1 rings (SSSR count). The Morgan fingerprint density at radius 2 is 1.83 bits per heavy atom. The summed E-state index contributed by atoms with van der Waals surface area (Å²) in [7, 11) is 0. The Kier molecular flexibility index (Phi) is 5.41. The molecule has 3 nitrogen and oxygen atoms in total. The van der Waals surface area contributed by atoms with Gasteiger partial charge in [-0.05, 0) is 5.92 Å². The fourth-order valence-corrected chi connectivity index (χ4v) is 1.30. The number of hydrogen-bond acceptors (Lipinski definition) is 3. The van der Waals surface area contributed by atoms with Gasteiger partial charge < -0.3 is 9.84 Å². The van der Waals surface area contributed by atoms with Crippen LogP contribution >= 0.6 is 0 Å². The van der Waals surface area contributed by atoms with Crippen LogP contribution in [-0.4, -0.2) is 17.2 Å². The summed E-state index contributed by atoms with van der Waals surface area (Å²) in [6.45, 7) is 5.10. The van der Waals surface area contributed by atoms with Gasteiger partial charge in [-0.25, -0.2) is 0 Å². The fraction of sp³-hybridized carbons (Fsp3) is 0.400. The maximum Gasteiger partial charge on any atom is 0.304 e. The number of rotatable bonds is 3. The molecular formula is C15H18O3. The predicted octanol–water partition coefficient (Wildman–Crippen LogP) is 2.31. The Labute approximate surface area is 108 Å². The maximum atomic E-state index is 11.1. The topological polar surface area (TPSA) is 46.5 Å². The smallest absolute Gasteiger partial charge is 0.304 e. The molecule has 0 aliphatic rings. The second kappa shape index (κ2) is 6.83. The van der Waals surface area contributed by atoms with Gasteiger partial charge in [0, 0.05) is 12.5 Å². The lowest BCUT2D eigenvalue weighted by Gasteiger charge is -2.12. The monoisotopic (exact) mass is 246 g/mol. The van der Waals surface area contributed by atoms with Crippen LogP contribution in [0.15, 0.2) is 30.3 Å². The molecule has 0 spiro atoms. The zero-order valence-corrected chi connectivity index (χ0v) is 10.9. The molecule has 1 aromatic rings. The molecule has 0 bridgehead atoms. The van der Waals surface area contributed by atoms with Crippen LogP contribution in [0.2, 0.25) is 0 Å². The predicted molar refractivity (Wildman–Crippen MR) is 69.6 cm³/mol. The molecule has 3 heteroatoms. The fourth-order valence-electron chi connectivity index (χ4n) is 1.30. The minimum atomic E-state index is -0.716. The van der Waals surface area contributed by atoms with E-state index in [2.05, 4.69) is 11.8 Å². The normalized spacial score (nSPS) is 13.4. The molecule has 0 aliphatic carbocycles. The average molecular weight is 246 g/mol. The Balaban J connectivity index is 2.89. The van der Waals surface area contributed by atoms with Gasteiger partial charge in [-0.1, -0.05) is 56.0 Å². The van der Waals surface area contributed by atoms with E-state index in [1.165, 1.54) is 6.92 Å². The summed E-state index contributed by atoms with van der Waals surface area (Å²) in [5.41, 5.74) is 0.802. The Hall–Kier alpha value is -1.79. The first-order chi connectivity index (χ1) is 8.50. The van der Waals surface area contributed by atoms with E-state index in [0.717, 1.165) is 5.56 Å². The highest BCUT2D eigenvalue weighted by Crippen LogP contribution is 2.16. The van der Waals surface area contributed by atoms with Crippen LogP contribution in [0.1, 0.15) is 32.4 Å². The van der Waals surface area contributed by atoms with Gasteiger partial charge >= 0.3 is 5.97 Å². The van der Waals surface area contributed by atoms with Gasteiger partial charge in [-0.15, -0.1) is 0 Å². The van der Waals surface area contributed by atoms with Crippen LogP contribution in [0.5, 0.6) is 0 Å². The van der Waals surface area contributed by atoms with E-state index in [1.54, 1.807) is 0 Å². The van der Waals surface area contributed by atoms with Gasteiger partial charge in [0.2, 0.25) is 0 Å². The van der Waals surface area contributed by atoms with Crippen molar-refractivity contribution in [3.8, 4) is 11.8 Å². The molecule has 0 radical (unpaired) electrons. The highest BCUT2D eigenvalue weighted by atomic mass is 16.5. The van der Waals surface area contributed by atoms with Gasteiger partial charge in [0.1, 0.15) is 6.10 Å². The van der Waals surface area contributed by atoms with Crippen LogP contribution in [0.3, 0.4) is 0 Å². The summed E-state index contributed by atoms with van der Waals surface area (Å²) in [5.74, 6) is 5.18. The van der Waals surface area contributed by atoms with Gasteiger partial charge in [0.05, 0.1) is 0 Å². The number of ether oxygens (including phenoxy) is 1. The summed E-state index contributed by atoms with van der Waals surface area (Å²) >= 11 is 0. The average Bonchev–Trinajstić information content (AvgIpc) is 2.34. The van der Waals surface area contributed by atoms with Crippen molar-refractivity contribution in [1.29, 1.82) is 0 Å². The summed E-state index contributed by atoms with van der Waals surface area (Å²) in [5, 5.41) is 9.64. The molecule has 0 saturated carbocycles. The van der Waals surface area contributed by atoms with E-state index in [0.29, 0.717) is 0 Å². The van der Waals surface area contributed by atoms with Crippen molar-refractivity contribution in [2.75, 3.05) is 0 Å².